The molecule has 3 rings (SSSR count). The van der Waals surface area contributed by atoms with Crippen LogP contribution < -0.4 is 10.5 Å². The second-order valence-corrected chi connectivity index (χ2v) is 11.4. The zero-order chi connectivity index (χ0) is 24.6. The fraction of sp³-hybridized carbons (Fsp3) is 0.231. The van der Waals surface area contributed by atoms with Gasteiger partial charge in [-0.2, -0.15) is 0 Å². The van der Waals surface area contributed by atoms with Crippen molar-refractivity contribution in [3.8, 4) is 5.75 Å². The molecule has 0 saturated carbocycles. The summed E-state index contributed by atoms with van der Waals surface area (Å²) in [6.07, 6.45) is 3.42. The molecule has 8 heteroatoms. The van der Waals surface area contributed by atoms with Gasteiger partial charge in [0, 0.05) is 26.2 Å². The molecule has 1 unspecified atom stereocenters. The first-order valence-corrected chi connectivity index (χ1v) is 13.7. The number of halogens is 1. The molecule has 4 N–H and O–H groups in total. The second-order valence-electron chi connectivity index (χ2n) is 8.37. The van der Waals surface area contributed by atoms with E-state index in [0.29, 0.717) is 18.1 Å². The molecule has 0 saturated heterocycles. The summed E-state index contributed by atoms with van der Waals surface area (Å²) in [5.74, 6) is 1.68. The van der Waals surface area contributed by atoms with Crippen LogP contribution in [0, 0.1) is 0 Å². The lowest BCUT2D eigenvalue weighted by Crippen LogP contribution is -2.33. The number of benzene rings is 3. The number of hydrogen-bond acceptors (Lipinski definition) is 4. The van der Waals surface area contributed by atoms with Crippen molar-refractivity contribution in [2.75, 3.05) is 0 Å². The first-order valence-electron chi connectivity index (χ1n) is 10.9. The Hall–Kier alpha value is -2.05. The van der Waals surface area contributed by atoms with Crippen LogP contribution in [0.5, 0.6) is 5.75 Å². The molecule has 5 nitrogen and oxygen atoms in total. The Morgan fingerprint density at radius 2 is 1.79 bits per heavy atom. The Balaban J connectivity index is 1.55. The lowest BCUT2D eigenvalue weighted by molar-refractivity contribution is 0.305. The quantitative estimate of drug-likeness (QED) is 0.242. The molecular weight excluding hydrogens is 489 g/mol. The number of aryl methyl sites for hydroxylation is 1. The predicted molar refractivity (Wildman–Crippen MR) is 140 cm³/mol. The average molecular weight is 518 g/mol. The first-order chi connectivity index (χ1) is 16.1. The molecule has 34 heavy (non-hydrogen) atoms. The lowest BCUT2D eigenvalue weighted by atomic mass is 9.95. The molecule has 0 bridgehead atoms. The molecule has 0 fully saturated rings. The van der Waals surface area contributed by atoms with E-state index in [9.17, 15) is 4.57 Å². The highest BCUT2D eigenvalue weighted by molar-refractivity contribution is 7.99. The minimum Gasteiger partial charge on any atom is -0.489 e. The van der Waals surface area contributed by atoms with Gasteiger partial charge in [-0.15, -0.1) is 0 Å². The van der Waals surface area contributed by atoms with Gasteiger partial charge in [0.1, 0.15) is 12.4 Å². The molecule has 3 aromatic carbocycles. The number of nitrogens with two attached hydrogens (primary N) is 1. The van der Waals surface area contributed by atoms with Crippen molar-refractivity contribution in [2.24, 2.45) is 5.73 Å². The molecular formula is C26H29ClNO4PS. The number of hydrogen-bond donors (Lipinski definition) is 3. The van der Waals surface area contributed by atoms with Crippen molar-refractivity contribution in [2.45, 2.75) is 48.1 Å². The molecule has 0 aromatic heterocycles. The third kappa shape index (κ3) is 9.30. The number of rotatable bonds is 11. The van der Waals surface area contributed by atoms with E-state index >= 15 is 0 Å². The largest absolute Gasteiger partial charge is 0.489 e. The molecule has 0 spiro atoms. The zero-order valence-electron chi connectivity index (χ0n) is 18.9. The zero-order valence-corrected chi connectivity index (χ0v) is 21.4. The highest BCUT2D eigenvalue weighted by atomic mass is 35.5. The van der Waals surface area contributed by atoms with Gasteiger partial charge in [0.2, 0.25) is 0 Å². The minimum absolute atomic E-state index is 0.520. The van der Waals surface area contributed by atoms with E-state index in [-0.39, 0.29) is 0 Å². The van der Waals surface area contributed by atoms with Crippen LogP contribution in [-0.2, 0) is 17.6 Å². The SMILES string of the molecule is CC(N)(C=CP(=O)(O)O)CCCc1ccc(Sc2cccc(OCc3ccccc3)c2)cc1Cl. The summed E-state index contributed by atoms with van der Waals surface area (Å²) in [6.45, 7) is 2.27. The average Bonchev–Trinajstić information content (AvgIpc) is 2.78. The molecule has 0 radical (unpaired) electrons. The summed E-state index contributed by atoms with van der Waals surface area (Å²) in [5.41, 5.74) is 7.47. The summed E-state index contributed by atoms with van der Waals surface area (Å²) in [5, 5.41) is 0.686. The van der Waals surface area contributed by atoms with Crippen molar-refractivity contribution in [1.29, 1.82) is 0 Å². The first kappa shape index (κ1) is 26.6. The molecule has 180 valence electrons. The molecule has 0 amide bonds. The summed E-state index contributed by atoms with van der Waals surface area (Å²) in [7, 11) is -4.21. The van der Waals surface area contributed by atoms with Gasteiger partial charge >= 0.3 is 7.60 Å². The maximum atomic E-state index is 11.0. The third-order valence-electron chi connectivity index (χ3n) is 5.13. The summed E-state index contributed by atoms with van der Waals surface area (Å²) in [6, 6.07) is 24.0. The Bertz CT molecular complexity index is 1160. The Morgan fingerprint density at radius 3 is 2.50 bits per heavy atom. The topological polar surface area (TPSA) is 92.8 Å². The Labute approximate surface area is 210 Å². The fourth-order valence-corrected chi connectivity index (χ4v) is 5.09. The van der Waals surface area contributed by atoms with E-state index in [2.05, 4.69) is 0 Å². The lowest BCUT2D eigenvalue weighted by Gasteiger charge is -2.20. The van der Waals surface area contributed by atoms with Crippen molar-refractivity contribution in [3.63, 3.8) is 0 Å². The third-order valence-corrected chi connectivity index (χ3v) is 6.99. The van der Waals surface area contributed by atoms with Gasteiger partial charge < -0.3 is 20.3 Å². The standard InChI is InChI=1S/C26H29ClNO4PS/c1-26(28,15-16-33(29,30)31)14-6-9-21-12-13-24(18-25(21)27)34-23-11-5-10-22(17-23)32-19-20-7-3-2-4-8-20/h2-5,7-8,10-13,15-18H,6,9,14,19,28H2,1H3,(H2,29,30,31). The van der Waals surface area contributed by atoms with Gasteiger partial charge in [0.15, 0.2) is 0 Å². The summed E-state index contributed by atoms with van der Waals surface area (Å²) in [4.78, 5) is 20.1. The van der Waals surface area contributed by atoms with Gasteiger partial charge in [-0.3, -0.25) is 4.57 Å². The van der Waals surface area contributed by atoms with Crippen LogP contribution in [0.3, 0.4) is 0 Å². The van der Waals surface area contributed by atoms with Crippen LogP contribution in [0.2, 0.25) is 5.02 Å². The molecule has 0 aliphatic rings. The molecule has 0 aliphatic heterocycles. The van der Waals surface area contributed by atoms with Crippen LogP contribution in [0.25, 0.3) is 0 Å². The normalized spacial score (nSPS) is 13.7. The van der Waals surface area contributed by atoms with Crippen LogP contribution in [0.4, 0.5) is 0 Å². The summed E-state index contributed by atoms with van der Waals surface area (Å²) < 4.78 is 16.9. The van der Waals surface area contributed by atoms with Gasteiger partial charge in [-0.25, -0.2) is 0 Å². The Morgan fingerprint density at radius 1 is 1.06 bits per heavy atom. The van der Waals surface area contributed by atoms with Gasteiger partial charge in [-0.05, 0) is 67.6 Å². The predicted octanol–water partition coefficient (Wildman–Crippen LogP) is 6.80. The monoisotopic (exact) mass is 517 g/mol. The summed E-state index contributed by atoms with van der Waals surface area (Å²) >= 11 is 8.15. The van der Waals surface area contributed by atoms with E-state index in [4.69, 9.17) is 31.9 Å². The van der Waals surface area contributed by atoms with E-state index in [1.807, 2.05) is 72.8 Å². The number of ether oxygens (including phenoxy) is 1. The van der Waals surface area contributed by atoms with E-state index in [1.165, 1.54) is 6.08 Å². The minimum atomic E-state index is -4.21. The maximum absolute atomic E-state index is 11.0. The smallest absolute Gasteiger partial charge is 0.348 e. The molecule has 3 aromatic rings. The maximum Gasteiger partial charge on any atom is 0.348 e. The van der Waals surface area contributed by atoms with E-state index < -0.39 is 13.1 Å². The molecule has 0 heterocycles. The molecule has 0 aliphatic carbocycles. The van der Waals surface area contributed by atoms with Crippen molar-refractivity contribution in [1.82, 2.24) is 0 Å². The van der Waals surface area contributed by atoms with Gasteiger partial charge in [0.05, 0.1) is 0 Å². The van der Waals surface area contributed by atoms with Crippen molar-refractivity contribution in [3.05, 3.63) is 101 Å². The van der Waals surface area contributed by atoms with Crippen molar-refractivity contribution >= 4 is 31.0 Å². The second kappa shape index (κ2) is 12.1. The van der Waals surface area contributed by atoms with Crippen LogP contribution in [-0.4, -0.2) is 15.3 Å². The van der Waals surface area contributed by atoms with E-state index in [0.717, 1.165) is 45.3 Å². The Kier molecular flexibility index (Phi) is 9.43. The highest BCUT2D eigenvalue weighted by Gasteiger charge is 2.17. The highest BCUT2D eigenvalue weighted by Crippen LogP contribution is 2.37. The fourth-order valence-electron chi connectivity index (χ4n) is 3.31. The van der Waals surface area contributed by atoms with E-state index in [1.54, 1.807) is 18.7 Å². The van der Waals surface area contributed by atoms with Gasteiger partial charge in [0.25, 0.3) is 0 Å². The van der Waals surface area contributed by atoms with Crippen LogP contribution >= 0.6 is 31.0 Å². The molecule has 1 atom stereocenters. The van der Waals surface area contributed by atoms with Crippen molar-refractivity contribution < 1.29 is 19.1 Å². The van der Waals surface area contributed by atoms with Crippen LogP contribution in [0.1, 0.15) is 30.9 Å². The van der Waals surface area contributed by atoms with Gasteiger partial charge in [-0.1, -0.05) is 71.9 Å². The van der Waals surface area contributed by atoms with Crippen LogP contribution in [0.15, 0.2) is 94.5 Å².